The third kappa shape index (κ3) is 7.31. The summed E-state index contributed by atoms with van der Waals surface area (Å²) in [5.41, 5.74) is 4.52. The first-order valence-electron chi connectivity index (χ1n) is 10.6. The molecule has 0 fully saturated rings. The molecule has 3 aromatic carbocycles. The number of hydrogen-bond donors (Lipinski definition) is 1. The Morgan fingerprint density at radius 2 is 1.82 bits per heavy atom. The maximum atomic E-state index is 11.4. The molecule has 3 aromatic rings. The van der Waals surface area contributed by atoms with E-state index in [0.717, 1.165) is 27.6 Å². The lowest BCUT2D eigenvalue weighted by molar-refractivity contribution is -0.137. The normalized spacial score (nSPS) is 11.3. The quantitative estimate of drug-likeness (QED) is 0.246. The number of halogens is 2. The van der Waals surface area contributed by atoms with Crippen LogP contribution in [0.5, 0.6) is 0 Å². The van der Waals surface area contributed by atoms with Crippen LogP contribution in [0.4, 0.5) is 0 Å². The van der Waals surface area contributed by atoms with Gasteiger partial charge in [-0.3, -0.25) is 4.79 Å². The Morgan fingerprint density at radius 3 is 2.48 bits per heavy atom. The number of hydrogen-bond acceptors (Lipinski definition) is 2. The highest BCUT2D eigenvalue weighted by molar-refractivity contribution is 9.10. The second-order valence-corrected chi connectivity index (χ2v) is 9.07. The van der Waals surface area contributed by atoms with Crippen molar-refractivity contribution in [3.8, 4) is 0 Å². The second kappa shape index (κ2) is 11.8. The summed E-state index contributed by atoms with van der Waals surface area (Å²) in [5, 5.41) is 10.0. The molecule has 0 aromatic heterocycles. The van der Waals surface area contributed by atoms with Crippen LogP contribution in [-0.2, 0) is 11.2 Å². The third-order valence-electron chi connectivity index (χ3n) is 5.24. The zero-order valence-electron chi connectivity index (χ0n) is 18.5. The van der Waals surface area contributed by atoms with Gasteiger partial charge in [0, 0.05) is 33.7 Å². The number of amidine groups is 1. The van der Waals surface area contributed by atoms with Crippen molar-refractivity contribution < 1.29 is 9.90 Å². The molecule has 4 nitrogen and oxygen atoms in total. The summed E-state index contributed by atoms with van der Waals surface area (Å²) in [6.07, 6.45) is 0.763. The maximum Gasteiger partial charge on any atom is 0.305 e. The van der Waals surface area contributed by atoms with Crippen molar-refractivity contribution in [1.82, 2.24) is 4.90 Å². The van der Waals surface area contributed by atoms with Crippen LogP contribution in [-0.4, -0.2) is 34.9 Å². The Morgan fingerprint density at radius 1 is 1.06 bits per heavy atom. The van der Waals surface area contributed by atoms with Crippen LogP contribution in [0.25, 0.3) is 5.70 Å². The fourth-order valence-corrected chi connectivity index (χ4v) is 4.13. The number of rotatable bonds is 9. The standard InChI is InChI=1S/C27H26BrClN2O2/c1-19-17-24(29)11-12-25(19)27(30-20(2)22-9-6-10-23(28)18-22)31(16-14-26(32)33)15-13-21-7-4-3-5-8-21/h3-12,17-18H,2,13-16H2,1H3,(H,32,33). The summed E-state index contributed by atoms with van der Waals surface area (Å²) in [5.74, 6) is -0.163. The van der Waals surface area contributed by atoms with E-state index in [1.165, 1.54) is 5.56 Å². The zero-order valence-corrected chi connectivity index (χ0v) is 20.8. The molecule has 0 spiro atoms. The van der Waals surface area contributed by atoms with Crippen molar-refractivity contribution in [3.63, 3.8) is 0 Å². The van der Waals surface area contributed by atoms with Gasteiger partial charge < -0.3 is 10.0 Å². The molecule has 6 heteroatoms. The molecule has 0 unspecified atom stereocenters. The number of nitrogens with zero attached hydrogens (tertiary/aromatic N) is 2. The van der Waals surface area contributed by atoms with Crippen LogP contribution >= 0.6 is 27.5 Å². The molecule has 33 heavy (non-hydrogen) atoms. The van der Waals surface area contributed by atoms with E-state index < -0.39 is 5.97 Å². The molecule has 0 amide bonds. The lowest BCUT2D eigenvalue weighted by Gasteiger charge is -2.27. The average molecular weight is 526 g/mol. The number of carboxylic acids is 1. The van der Waals surface area contributed by atoms with Gasteiger partial charge in [0.1, 0.15) is 5.84 Å². The molecule has 3 rings (SSSR count). The molecule has 0 saturated heterocycles. The molecule has 0 aliphatic carbocycles. The molecular formula is C27H26BrClN2O2. The summed E-state index contributed by atoms with van der Waals surface area (Å²) < 4.78 is 0.937. The van der Waals surface area contributed by atoms with E-state index in [4.69, 9.17) is 16.6 Å². The Balaban J connectivity index is 2.03. The number of carbonyl (C=O) groups is 1. The summed E-state index contributed by atoms with van der Waals surface area (Å²) in [6.45, 7) is 7.12. The molecule has 170 valence electrons. The average Bonchev–Trinajstić information content (AvgIpc) is 2.78. The molecule has 0 aliphatic rings. The first kappa shape index (κ1) is 24.7. The summed E-state index contributed by atoms with van der Waals surface area (Å²) in [4.78, 5) is 18.4. The molecule has 0 heterocycles. The molecule has 0 atom stereocenters. The van der Waals surface area contributed by atoms with Crippen molar-refractivity contribution in [2.45, 2.75) is 19.8 Å². The van der Waals surface area contributed by atoms with E-state index >= 15 is 0 Å². The van der Waals surface area contributed by atoms with Crippen LogP contribution < -0.4 is 0 Å². The van der Waals surface area contributed by atoms with Crippen molar-refractivity contribution in [2.24, 2.45) is 4.99 Å². The van der Waals surface area contributed by atoms with Gasteiger partial charge in [0.15, 0.2) is 0 Å². The second-order valence-electron chi connectivity index (χ2n) is 7.72. The maximum absolute atomic E-state index is 11.4. The van der Waals surface area contributed by atoms with Crippen LogP contribution in [0.15, 0.2) is 88.8 Å². The predicted octanol–water partition coefficient (Wildman–Crippen LogP) is 6.85. The molecule has 0 saturated carbocycles. The highest BCUT2D eigenvalue weighted by Crippen LogP contribution is 2.23. The Labute approximate surface area is 208 Å². The first-order chi connectivity index (χ1) is 15.8. The van der Waals surface area contributed by atoms with Gasteiger partial charge in [-0.2, -0.15) is 0 Å². The van der Waals surface area contributed by atoms with E-state index in [2.05, 4.69) is 34.6 Å². The first-order valence-corrected chi connectivity index (χ1v) is 11.8. The number of carboxylic acid groups (broad SMARTS) is 1. The van der Waals surface area contributed by atoms with E-state index in [-0.39, 0.29) is 6.42 Å². The zero-order chi connectivity index (χ0) is 23.8. The van der Waals surface area contributed by atoms with Gasteiger partial charge >= 0.3 is 5.97 Å². The minimum atomic E-state index is -0.849. The summed E-state index contributed by atoms with van der Waals surface area (Å²) in [6, 6.07) is 23.6. The van der Waals surface area contributed by atoms with E-state index in [1.54, 1.807) is 0 Å². The predicted molar refractivity (Wildman–Crippen MR) is 140 cm³/mol. The van der Waals surface area contributed by atoms with Crippen molar-refractivity contribution >= 4 is 45.0 Å². The number of aryl methyl sites for hydroxylation is 1. The minimum absolute atomic E-state index is 0.00378. The summed E-state index contributed by atoms with van der Waals surface area (Å²) >= 11 is 9.71. The topological polar surface area (TPSA) is 52.9 Å². The highest BCUT2D eigenvalue weighted by Gasteiger charge is 2.18. The lowest BCUT2D eigenvalue weighted by atomic mass is 10.1. The lowest BCUT2D eigenvalue weighted by Crippen LogP contribution is -2.36. The monoisotopic (exact) mass is 524 g/mol. The molecular weight excluding hydrogens is 500 g/mol. The van der Waals surface area contributed by atoms with Gasteiger partial charge in [-0.05, 0) is 54.8 Å². The van der Waals surface area contributed by atoms with Crippen LogP contribution in [0.3, 0.4) is 0 Å². The van der Waals surface area contributed by atoms with Gasteiger partial charge in [-0.25, -0.2) is 4.99 Å². The number of aliphatic imine (C=N–C) groups is 1. The molecule has 1 N–H and O–H groups in total. The summed E-state index contributed by atoms with van der Waals surface area (Å²) in [7, 11) is 0. The molecule has 0 radical (unpaired) electrons. The Bertz CT molecular complexity index is 1160. The van der Waals surface area contributed by atoms with E-state index in [9.17, 15) is 9.90 Å². The van der Waals surface area contributed by atoms with Gasteiger partial charge in [-0.15, -0.1) is 0 Å². The fourth-order valence-electron chi connectivity index (χ4n) is 3.50. The highest BCUT2D eigenvalue weighted by atomic mass is 79.9. The van der Waals surface area contributed by atoms with Gasteiger partial charge in [0.25, 0.3) is 0 Å². The van der Waals surface area contributed by atoms with Crippen LogP contribution in [0.1, 0.15) is 28.7 Å². The minimum Gasteiger partial charge on any atom is -0.481 e. The van der Waals surface area contributed by atoms with Crippen molar-refractivity contribution in [3.05, 3.63) is 111 Å². The van der Waals surface area contributed by atoms with Gasteiger partial charge in [0.2, 0.25) is 0 Å². The molecule has 0 bridgehead atoms. The van der Waals surface area contributed by atoms with E-state index in [0.29, 0.717) is 29.6 Å². The largest absolute Gasteiger partial charge is 0.481 e. The smallest absolute Gasteiger partial charge is 0.305 e. The SMILES string of the molecule is C=C(N=C(c1ccc(Cl)cc1C)N(CCC(=O)O)CCc1ccccc1)c1cccc(Br)c1. The van der Waals surface area contributed by atoms with Crippen LogP contribution in [0.2, 0.25) is 5.02 Å². The fraction of sp³-hybridized carbons (Fsp3) is 0.185. The van der Waals surface area contributed by atoms with Gasteiger partial charge in [0.05, 0.1) is 12.1 Å². The van der Waals surface area contributed by atoms with Crippen LogP contribution in [0, 0.1) is 6.92 Å². The third-order valence-corrected chi connectivity index (χ3v) is 5.96. The number of aliphatic carboxylic acids is 1. The Hall–Kier alpha value is -2.89. The van der Waals surface area contributed by atoms with Crippen molar-refractivity contribution in [1.29, 1.82) is 0 Å². The van der Waals surface area contributed by atoms with Crippen molar-refractivity contribution in [2.75, 3.05) is 13.1 Å². The van der Waals surface area contributed by atoms with E-state index in [1.807, 2.05) is 72.5 Å². The Kier molecular flexibility index (Phi) is 8.87. The van der Waals surface area contributed by atoms with Gasteiger partial charge in [-0.1, -0.05) is 76.6 Å². The molecule has 0 aliphatic heterocycles. The number of benzene rings is 3.